The number of piperidine rings is 1. The minimum absolute atomic E-state index is 0.0351. The lowest BCUT2D eigenvalue weighted by atomic mass is 10.0. The fraction of sp³-hybridized carbons (Fsp3) is 0.391. The third kappa shape index (κ3) is 4.80. The van der Waals surface area contributed by atoms with Crippen LogP contribution in [0.4, 0.5) is 0 Å². The minimum atomic E-state index is -0.0351. The summed E-state index contributed by atoms with van der Waals surface area (Å²) < 4.78 is 1.91. The molecule has 29 heavy (non-hydrogen) atoms. The molecule has 0 unspecified atom stereocenters. The third-order valence-corrected chi connectivity index (χ3v) is 5.99. The summed E-state index contributed by atoms with van der Waals surface area (Å²) >= 11 is 6.10. The summed E-state index contributed by atoms with van der Waals surface area (Å²) in [5, 5.41) is 9.29. The van der Waals surface area contributed by atoms with Crippen LogP contribution in [0.2, 0.25) is 5.02 Å². The van der Waals surface area contributed by atoms with Crippen LogP contribution in [0.5, 0.6) is 0 Å². The molecule has 1 N–H and O–H groups in total. The standard InChI is InChI=1S/C23H27ClN4O/c1-17-5-2-3-11-27(17)12-10-25-23(29)19-8-9-20-15-26-28(22(20)14-19)16-18-6-4-7-21(24)13-18/h4,6-9,13-15,17H,2-3,5,10-12,16H2,1H3,(H,25,29)/t17-/m0/s1. The summed E-state index contributed by atoms with van der Waals surface area (Å²) in [6.07, 6.45) is 5.65. The van der Waals surface area contributed by atoms with Gasteiger partial charge >= 0.3 is 0 Å². The normalized spacial score (nSPS) is 17.5. The molecule has 1 amide bonds. The van der Waals surface area contributed by atoms with Gasteiger partial charge in [-0.25, -0.2) is 0 Å². The van der Waals surface area contributed by atoms with Crippen LogP contribution in [0.25, 0.3) is 10.9 Å². The topological polar surface area (TPSA) is 50.2 Å². The first-order chi connectivity index (χ1) is 14.1. The van der Waals surface area contributed by atoms with E-state index in [0.29, 0.717) is 29.7 Å². The fourth-order valence-corrected chi connectivity index (χ4v) is 4.26. The number of amides is 1. The van der Waals surface area contributed by atoms with E-state index in [1.807, 2.05) is 53.3 Å². The number of hydrogen-bond acceptors (Lipinski definition) is 3. The summed E-state index contributed by atoms with van der Waals surface area (Å²) in [4.78, 5) is 15.1. The van der Waals surface area contributed by atoms with Gasteiger partial charge in [0.15, 0.2) is 0 Å². The van der Waals surface area contributed by atoms with Gasteiger partial charge in [0, 0.05) is 35.1 Å². The Bertz CT molecular complexity index is 999. The van der Waals surface area contributed by atoms with Crippen molar-refractivity contribution in [3.8, 4) is 0 Å². The highest BCUT2D eigenvalue weighted by molar-refractivity contribution is 6.30. The molecule has 3 aromatic rings. The molecular weight excluding hydrogens is 384 g/mol. The first-order valence-corrected chi connectivity index (χ1v) is 10.7. The summed E-state index contributed by atoms with van der Waals surface area (Å²) in [6, 6.07) is 14.1. The van der Waals surface area contributed by atoms with Crippen molar-refractivity contribution < 1.29 is 4.79 Å². The molecule has 0 bridgehead atoms. The molecule has 0 radical (unpaired) electrons. The van der Waals surface area contributed by atoms with Gasteiger partial charge in [-0.05, 0) is 56.1 Å². The Balaban J connectivity index is 1.43. The van der Waals surface area contributed by atoms with Gasteiger partial charge in [0.2, 0.25) is 0 Å². The van der Waals surface area contributed by atoms with E-state index in [0.717, 1.165) is 29.6 Å². The second-order valence-corrected chi connectivity index (χ2v) is 8.28. The molecule has 6 heteroatoms. The Kier molecular flexibility index (Phi) is 6.16. The van der Waals surface area contributed by atoms with E-state index in [9.17, 15) is 4.79 Å². The molecule has 1 fully saturated rings. The highest BCUT2D eigenvalue weighted by Crippen LogP contribution is 2.19. The summed E-state index contributed by atoms with van der Waals surface area (Å²) in [5.41, 5.74) is 2.69. The van der Waals surface area contributed by atoms with E-state index in [-0.39, 0.29) is 5.91 Å². The lowest BCUT2D eigenvalue weighted by Crippen LogP contribution is -2.42. The Morgan fingerprint density at radius 2 is 2.14 bits per heavy atom. The molecule has 152 valence electrons. The Morgan fingerprint density at radius 3 is 2.97 bits per heavy atom. The van der Waals surface area contributed by atoms with Gasteiger partial charge in [-0.1, -0.05) is 36.2 Å². The van der Waals surface area contributed by atoms with E-state index in [2.05, 4.69) is 22.2 Å². The number of carbonyl (C=O) groups is 1. The van der Waals surface area contributed by atoms with E-state index in [4.69, 9.17) is 11.6 Å². The third-order valence-electron chi connectivity index (χ3n) is 5.75. The molecule has 1 aromatic heterocycles. The Labute approximate surface area is 176 Å². The molecule has 5 nitrogen and oxygen atoms in total. The van der Waals surface area contributed by atoms with Crippen LogP contribution in [-0.4, -0.2) is 46.3 Å². The van der Waals surface area contributed by atoms with Crippen molar-refractivity contribution >= 4 is 28.4 Å². The second-order valence-electron chi connectivity index (χ2n) is 7.84. The van der Waals surface area contributed by atoms with Crippen LogP contribution in [-0.2, 0) is 6.54 Å². The zero-order chi connectivity index (χ0) is 20.2. The van der Waals surface area contributed by atoms with E-state index >= 15 is 0 Å². The number of rotatable bonds is 6. The fourth-order valence-electron chi connectivity index (χ4n) is 4.05. The average Bonchev–Trinajstić information content (AvgIpc) is 3.11. The monoisotopic (exact) mass is 410 g/mol. The van der Waals surface area contributed by atoms with E-state index in [1.54, 1.807) is 0 Å². The van der Waals surface area contributed by atoms with Gasteiger partial charge < -0.3 is 5.32 Å². The molecule has 1 aliphatic heterocycles. The quantitative estimate of drug-likeness (QED) is 0.657. The maximum Gasteiger partial charge on any atom is 0.251 e. The average molecular weight is 411 g/mol. The van der Waals surface area contributed by atoms with Crippen LogP contribution >= 0.6 is 11.6 Å². The van der Waals surface area contributed by atoms with Gasteiger partial charge in [0.1, 0.15) is 0 Å². The smallest absolute Gasteiger partial charge is 0.251 e. The molecule has 4 rings (SSSR count). The van der Waals surface area contributed by atoms with Gasteiger partial charge in [-0.3, -0.25) is 14.4 Å². The predicted molar refractivity (Wildman–Crippen MR) is 118 cm³/mol. The number of halogens is 1. The van der Waals surface area contributed by atoms with Crippen LogP contribution in [0.3, 0.4) is 0 Å². The first kappa shape index (κ1) is 19.9. The zero-order valence-corrected chi connectivity index (χ0v) is 17.5. The lowest BCUT2D eigenvalue weighted by Gasteiger charge is -2.33. The van der Waals surface area contributed by atoms with Gasteiger partial charge in [-0.15, -0.1) is 0 Å². The highest BCUT2D eigenvalue weighted by Gasteiger charge is 2.18. The van der Waals surface area contributed by atoms with Crippen molar-refractivity contribution in [3.05, 3.63) is 64.8 Å². The Hall–Kier alpha value is -2.37. The van der Waals surface area contributed by atoms with Gasteiger partial charge in [0.05, 0.1) is 18.3 Å². The number of likely N-dealkylation sites (tertiary alicyclic amines) is 1. The molecule has 0 aliphatic carbocycles. The number of hydrogen-bond donors (Lipinski definition) is 1. The summed E-state index contributed by atoms with van der Waals surface area (Å²) in [6.45, 7) is 5.59. The van der Waals surface area contributed by atoms with Crippen LogP contribution in [0, 0.1) is 0 Å². The van der Waals surface area contributed by atoms with Crippen molar-refractivity contribution in [2.24, 2.45) is 0 Å². The molecule has 0 saturated carbocycles. The van der Waals surface area contributed by atoms with Crippen molar-refractivity contribution in [3.63, 3.8) is 0 Å². The SMILES string of the molecule is C[C@H]1CCCCN1CCNC(=O)c1ccc2cnn(Cc3cccc(Cl)c3)c2c1. The highest BCUT2D eigenvalue weighted by atomic mass is 35.5. The number of nitrogens with zero attached hydrogens (tertiary/aromatic N) is 3. The van der Waals surface area contributed by atoms with Crippen LogP contribution in [0.15, 0.2) is 48.7 Å². The summed E-state index contributed by atoms with van der Waals surface area (Å²) in [5.74, 6) is -0.0351. The Morgan fingerprint density at radius 1 is 1.24 bits per heavy atom. The molecule has 2 heterocycles. The predicted octanol–water partition coefficient (Wildman–Crippen LogP) is 4.34. The van der Waals surface area contributed by atoms with Gasteiger partial charge in [0.25, 0.3) is 5.91 Å². The maximum absolute atomic E-state index is 12.7. The number of aromatic nitrogens is 2. The summed E-state index contributed by atoms with van der Waals surface area (Å²) in [7, 11) is 0. The minimum Gasteiger partial charge on any atom is -0.351 e. The van der Waals surface area contributed by atoms with Crippen molar-refractivity contribution in [1.29, 1.82) is 0 Å². The molecule has 1 aliphatic rings. The van der Waals surface area contributed by atoms with Crippen molar-refractivity contribution in [2.75, 3.05) is 19.6 Å². The maximum atomic E-state index is 12.7. The van der Waals surface area contributed by atoms with Gasteiger partial charge in [-0.2, -0.15) is 5.10 Å². The number of benzene rings is 2. The number of carbonyl (C=O) groups excluding carboxylic acids is 1. The molecule has 1 saturated heterocycles. The molecule has 1 atom stereocenters. The van der Waals surface area contributed by atoms with E-state index < -0.39 is 0 Å². The lowest BCUT2D eigenvalue weighted by molar-refractivity contribution is 0.0938. The van der Waals surface area contributed by atoms with Crippen molar-refractivity contribution in [1.82, 2.24) is 20.0 Å². The van der Waals surface area contributed by atoms with Crippen LogP contribution in [0.1, 0.15) is 42.1 Å². The molecular formula is C23H27ClN4O. The second kappa shape index (κ2) is 8.97. The van der Waals surface area contributed by atoms with Crippen LogP contribution < -0.4 is 5.32 Å². The largest absolute Gasteiger partial charge is 0.351 e. The van der Waals surface area contributed by atoms with E-state index in [1.165, 1.54) is 19.3 Å². The molecule has 2 aromatic carbocycles. The molecule has 0 spiro atoms. The van der Waals surface area contributed by atoms with Crippen molar-refractivity contribution in [2.45, 2.75) is 38.8 Å². The first-order valence-electron chi connectivity index (χ1n) is 10.3. The zero-order valence-electron chi connectivity index (χ0n) is 16.8. The number of nitrogens with one attached hydrogen (secondary N) is 1. The number of fused-ring (bicyclic) bond motifs is 1.